The van der Waals surface area contributed by atoms with Crippen molar-refractivity contribution in [3.05, 3.63) is 194 Å². The molecule has 2 unspecified atom stereocenters. The summed E-state index contributed by atoms with van der Waals surface area (Å²) in [5.74, 6) is -6.27. The van der Waals surface area contributed by atoms with E-state index in [-0.39, 0.29) is 73.3 Å². The molecule has 10 rings (SSSR count). The van der Waals surface area contributed by atoms with E-state index in [1.54, 1.807) is 6.92 Å². The lowest BCUT2D eigenvalue weighted by molar-refractivity contribution is -0.154. The van der Waals surface area contributed by atoms with E-state index in [1.165, 1.54) is 26.0 Å². The summed E-state index contributed by atoms with van der Waals surface area (Å²) in [6.07, 6.45) is -25.0. The van der Waals surface area contributed by atoms with Crippen molar-refractivity contribution in [3.8, 4) is 5.75 Å². The van der Waals surface area contributed by atoms with E-state index in [0.29, 0.717) is 79.3 Å². The molecule has 4 saturated heterocycles. The van der Waals surface area contributed by atoms with Crippen molar-refractivity contribution in [1.29, 1.82) is 0 Å². The second kappa shape index (κ2) is 29.0. The molecule has 1 N–H and O–H groups in total. The smallest absolute Gasteiger partial charge is 0.417 e. The van der Waals surface area contributed by atoms with Gasteiger partial charge in [-0.1, -0.05) is 0 Å². The molecule has 93 heavy (non-hydrogen) atoms. The first-order valence-electron chi connectivity index (χ1n) is 27.2. The van der Waals surface area contributed by atoms with Crippen molar-refractivity contribution in [2.24, 2.45) is 0 Å². The summed E-state index contributed by atoms with van der Waals surface area (Å²) in [6.45, 7) is 6.17. The number of aldehydes is 1. The standard InChI is InChI=1S/C24H24F6N2O3.C11H10F4O2.C9H8F4O.C9H6F4O.C8H4F4O/c1-22(33-8-9-34-22)19-10-14(23(25,26)27)2-6-20(19)35-18-11-16-4-5-17(12-18)32(16)21-7-3-15(13-31-21)24(28,29)30;1-10(16-4-5-17-10)8-6-7(11(13,14)15)2-3-9(8)12;2*1-5(14)7-4-6(9(11,12)13)2-3-8(7)10;9-7-2-1-6(8(10,11)12)3-5(7)4-13/h2-3,6-7,10,13,16-18H,4-5,8-9,11-12H2,1H3;2-3,6H,4-5H2,1H3;2-5,14H,1H3;2-4H,1H3;1-4H/t16-,17+,18?;;;;. The van der Waals surface area contributed by atoms with E-state index in [9.17, 15) is 106 Å². The summed E-state index contributed by atoms with van der Waals surface area (Å²) in [4.78, 5) is 26.9. The molecular weight excluding hydrogens is 1310 g/mol. The lowest BCUT2D eigenvalue weighted by Crippen LogP contribution is -2.47. The van der Waals surface area contributed by atoms with Gasteiger partial charge >= 0.3 is 37.1 Å². The number of pyridine rings is 1. The van der Waals surface area contributed by atoms with E-state index in [4.69, 9.17) is 28.8 Å². The van der Waals surface area contributed by atoms with Crippen molar-refractivity contribution in [1.82, 2.24) is 4.98 Å². The minimum absolute atomic E-state index is 0.00968. The van der Waals surface area contributed by atoms with Crippen molar-refractivity contribution in [3.63, 3.8) is 0 Å². The molecule has 1 aromatic heterocycles. The van der Waals surface area contributed by atoms with Gasteiger partial charge in [-0.25, -0.2) is 22.5 Å². The van der Waals surface area contributed by atoms with Crippen molar-refractivity contribution < 1.29 is 135 Å². The molecule has 4 aliphatic heterocycles. The number of carbonyl (C=O) groups excluding carboxylic acids is 2. The van der Waals surface area contributed by atoms with E-state index >= 15 is 0 Å². The molecule has 32 heteroatoms. The molecule has 2 bridgehead atoms. The number of ketones is 1. The molecule has 10 nitrogen and oxygen atoms in total. The Balaban J connectivity index is 0.000000200. The van der Waals surface area contributed by atoms with Crippen LogP contribution in [-0.4, -0.2) is 66.8 Å². The van der Waals surface area contributed by atoms with Crippen molar-refractivity contribution in [2.45, 2.75) is 126 Å². The third-order valence-electron chi connectivity index (χ3n) is 14.5. The number of aliphatic hydroxyl groups excluding tert-OH is 1. The van der Waals surface area contributed by atoms with Crippen LogP contribution >= 0.6 is 0 Å². The van der Waals surface area contributed by atoms with Crippen LogP contribution < -0.4 is 9.64 Å². The molecule has 0 aliphatic carbocycles. The number of fused-ring (bicyclic) bond motifs is 2. The summed E-state index contributed by atoms with van der Waals surface area (Å²) >= 11 is 0. The number of anilines is 1. The molecule has 0 saturated carbocycles. The zero-order valence-corrected chi connectivity index (χ0v) is 48.5. The van der Waals surface area contributed by atoms with Gasteiger partial charge < -0.3 is 33.7 Å². The van der Waals surface area contributed by atoms with Crippen LogP contribution in [0.4, 0.5) is 102 Å². The average molecular weight is 1360 g/mol. The number of hydrogen-bond donors (Lipinski definition) is 1. The molecule has 4 fully saturated rings. The first-order valence-corrected chi connectivity index (χ1v) is 27.2. The van der Waals surface area contributed by atoms with Crippen molar-refractivity contribution in [2.75, 3.05) is 31.3 Å². The van der Waals surface area contributed by atoms with Crippen LogP contribution in [0.1, 0.15) is 130 Å². The number of aliphatic hydroxyl groups is 1. The number of hydrogen-bond acceptors (Lipinski definition) is 10. The molecular formula is C61H52F22N2O8. The molecule has 0 radical (unpaired) electrons. The topological polar surface area (TPSA) is 117 Å². The SMILES string of the molecule is CC(=O)c1cc(C(F)(F)F)ccc1F.CC(O)c1cc(C(F)(F)F)ccc1F.CC1(c2cc(C(F)(F)F)ccc2F)OCCO1.CC1(c2cc(C(F)(F)F)ccc2OC2C[C@H]3CC[C@@H](C2)N3c2ccc(C(F)(F)F)cn2)OCCO1.O=Cc1cc(C(F)(F)F)ccc1F. The third kappa shape index (κ3) is 19.3. The molecule has 0 spiro atoms. The van der Waals surface area contributed by atoms with Crippen LogP contribution in [0.3, 0.4) is 0 Å². The Bertz CT molecular complexity index is 3520. The Hall–Kier alpha value is -7.55. The first-order chi connectivity index (χ1) is 42.9. The largest absolute Gasteiger partial charge is 0.490 e. The molecule has 6 aromatic rings. The summed E-state index contributed by atoms with van der Waals surface area (Å²) in [6, 6.07) is 13.3. The predicted octanol–water partition coefficient (Wildman–Crippen LogP) is 17.6. The zero-order chi connectivity index (χ0) is 69.6. The van der Waals surface area contributed by atoms with Gasteiger partial charge in [0.1, 0.15) is 40.9 Å². The fourth-order valence-electron chi connectivity index (χ4n) is 9.86. The monoisotopic (exact) mass is 1360 g/mol. The van der Waals surface area contributed by atoms with Gasteiger partial charge in [-0.2, -0.15) is 79.0 Å². The van der Waals surface area contributed by atoms with E-state index in [2.05, 4.69) is 4.98 Å². The van der Waals surface area contributed by atoms with Crippen LogP contribution in [0, 0.1) is 23.3 Å². The Labute approximate surface area is 514 Å². The number of Topliss-reactive ketones (excluding diaryl/α,β-unsaturated/α-hetero) is 1. The lowest BCUT2D eigenvalue weighted by Gasteiger charge is -2.40. The summed E-state index contributed by atoms with van der Waals surface area (Å²) in [5.41, 5.74) is -7.08. The van der Waals surface area contributed by atoms with Crippen LogP contribution in [0.25, 0.3) is 0 Å². The zero-order valence-electron chi connectivity index (χ0n) is 48.5. The molecule has 4 aliphatic rings. The number of piperidine rings is 1. The predicted molar refractivity (Wildman–Crippen MR) is 284 cm³/mol. The normalized spacial score (nSPS) is 18.9. The Morgan fingerprint density at radius 1 is 0.538 bits per heavy atom. The highest BCUT2D eigenvalue weighted by Gasteiger charge is 2.46. The lowest BCUT2D eigenvalue weighted by atomic mass is 9.98. The number of halogens is 22. The number of benzene rings is 5. The fourth-order valence-corrected chi connectivity index (χ4v) is 9.86. The Morgan fingerprint density at radius 2 is 0.925 bits per heavy atom. The van der Waals surface area contributed by atoms with Gasteiger partial charge in [0, 0.05) is 42.2 Å². The summed E-state index contributed by atoms with van der Waals surface area (Å²) < 4.78 is 305. The minimum atomic E-state index is -4.56. The van der Waals surface area contributed by atoms with Crippen LogP contribution in [0.5, 0.6) is 5.75 Å². The summed E-state index contributed by atoms with van der Waals surface area (Å²) in [7, 11) is 0. The van der Waals surface area contributed by atoms with Gasteiger partial charge in [0.15, 0.2) is 23.6 Å². The summed E-state index contributed by atoms with van der Waals surface area (Å²) in [5, 5.41) is 8.99. The van der Waals surface area contributed by atoms with Gasteiger partial charge in [0.05, 0.1) is 82.6 Å². The quantitative estimate of drug-likeness (QED) is 0.0897. The maximum absolute atomic E-state index is 13.5. The van der Waals surface area contributed by atoms with Crippen LogP contribution in [0.2, 0.25) is 0 Å². The number of aromatic nitrogens is 1. The van der Waals surface area contributed by atoms with Gasteiger partial charge in [-0.05, 0) is 144 Å². The highest BCUT2D eigenvalue weighted by Crippen LogP contribution is 2.46. The molecule has 508 valence electrons. The van der Waals surface area contributed by atoms with Crippen LogP contribution in [-0.2, 0) is 67.6 Å². The first kappa shape index (κ1) is 74.5. The van der Waals surface area contributed by atoms with E-state index < -0.39 is 128 Å². The van der Waals surface area contributed by atoms with Gasteiger partial charge in [-0.15, -0.1) is 0 Å². The third-order valence-corrected chi connectivity index (χ3v) is 14.5. The molecule has 0 amide bonds. The maximum atomic E-state index is 13.5. The second-order valence-electron chi connectivity index (χ2n) is 21.1. The highest BCUT2D eigenvalue weighted by molar-refractivity contribution is 5.94. The van der Waals surface area contributed by atoms with Gasteiger partial charge in [-0.3, -0.25) is 9.59 Å². The second-order valence-corrected chi connectivity index (χ2v) is 21.1. The highest BCUT2D eigenvalue weighted by atomic mass is 19.4. The van der Waals surface area contributed by atoms with Gasteiger partial charge in [0.25, 0.3) is 0 Å². The number of carbonyl (C=O) groups is 2. The number of nitrogens with zero attached hydrogens (tertiary/aromatic N) is 2. The molecule has 4 atom stereocenters. The van der Waals surface area contributed by atoms with E-state index in [1.807, 2.05) is 4.90 Å². The fraction of sp³-hybridized carbons (Fsp3) is 0.393. The van der Waals surface area contributed by atoms with E-state index in [0.717, 1.165) is 56.3 Å². The average Bonchev–Trinajstić information content (AvgIpc) is 1.74. The van der Waals surface area contributed by atoms with Crippen LogP contribution in [0.15, 0.2) is 109 Å². The van der Waals surface area contributed by atoms with Crippen molar-refractivity contribution >= 4 is 17.9 Å². The number of alkyl halides is 18. The maximum Gasteiger partial charge on any atom is 0.417 e. The Kier molecular flexibility index (Phi) is 23.2. The molecule has 5 aromatic carbocycles. The minimum Gasteiger partial charge on any atom is -0.490 e. The molecule has 5 heterocycles. The van der Waals surface area contributed by atoms with Gasteiger partial charge in [0.2, 0.25) is 0 Å². The Morgan fingerprint density at radius 3 is 1.35 bits per heavy atom. The number of rotatable bonds is 8. The number of ether oxygens (including phenoxy) is 5.